The SMILES string of the molecule is CC(C)(C)c1cc(-c2nccc3sc(-c4cncc5ccsc45)cc23)[c-]c2ccccc12.CCC(C)(CC)C(=O)/C=C(\O)C(C)(CC)CC.[Ir]. The van der Waals surface area contributed by atoms with Crippen LogP contribution in [0, 0.1) is 16.9 Å². The minimum absolute atomic E-state index is 0. The van der Waals surface area contributed by atoms with Crippen LogP contribution in [0.15, 0.2) is 84.3 Å². The van der Waals surface area contributed by atoms with Gasteiger partial charge >= 0.3 is 0 Å². The van der Waals surface area contributed by atoms with Gasteiger partial charge < -0.3 is 5.11 Å². The van der Waals surface area contributed by atoms with Gasteiger partial charge in [0.2, 0.25) is 0 Å². The minimum Gasteiger partial charge on any atom is -0.512 e. The predicted octanol–water partition coefficient (Wildman–Crippen LogP) is 13.1. The molecule has 6 rings (SSSR count). The fourth-order valence-electron chi connectivity index (χ4n) is 6.04. The van der Waals surface area contributed by atoms with Gasteiger partial charge in [-0.25, -0.2) is 0 Å². The molecule has 1 radical (unpaired) electrons. The van der Waals surface area contributed by atoms with Crippen LogP contribution in [-0.4, -0.2) is 20.9 Å². The van der Waals surface area contributed by atoms with E-state index >= 15 is 0 Å². The Bertz CT molecular complexity index is 2130. The van der Waals surface area contributed by atoms with E-state index in [1.54, 1.807) is 22.7 Å². The Morgan fingerprint density at radius 2 is 1.56 bits per heavy atom. The third kappa shape index (κ3) is 7.97. The predicted molar refractivity (Wildman–Crippen MR) is 212 cm³/mol. The van der Waals surface area contributed by atoms with E-state index in [2.05, 4.69) is 85.7 Å². The first-order valence-corrected chi connectivity index (χ1v) is 19.1. The minimum atomic E-state index is -0.337. The summed E-state index contributed by atoms with van der Waals surface area (Å²) in [5.41, 5.74) is 3.99. The Morgan fingerprint density at radius 1 is 0.880 bits per heavy atom. The third-order valence-corrected chi connectivity index (χ3v) is 12.6. The van der Waals surface area contributed by atoms with E-state index in [0.29, 0.717) is 0 Å². The van der Waals surface area contributed by atoms with Crippen molar-refractivity contribution in [2.45, 2.75) is 93.4 Å². The standard InChI is InChI=1S/C28H21N2S2.C15H28O2.Ir/c1-28(2,3)23-13-19(12-17-6-4-5-7-20(17)23)26-21-14-25(32-24(21)8-10-30-26)22-16-29-15-18-9-11-31-27(18)22;1-7-14(5,8-2)12(16)11-13(17)15(6,9-3)10-4;/h4-11,13-16H,1-3H3;11,16H,7-10H2,1-6H3;/q-1;;/b;12-11-;. The smallest absolute Gasteiger partial charge is 0.164 e. The molecule has 1 N–H and O–H groups in total. The van der Waals surface area contributed by atoms with Crippen molar-refractivity contribution < 1.29 is 30.0 Å². The molecule has 265 valence electrons. The van der Waals surface area contributed by atoms with Gasteiger partial charge in [0.05, 0.1) is 0 Å². The molecule has 0 aliphatic heterocycles. The van der Waals surface area contributed by atoms with Crippen molar-refractivity contribution >= 4 is 59.4 Å². The van der Waals surface area contributed by atoms with E-state index < -0.39 is 0 Å². The van der Waals surface area contributed by atoms with Gasteiger partial charge in [-0.05, 0) is 60.1 Å². The van der Waals surface area contributed by atoms with Crippen LogP contribution in [0.3, 0.4) is 0 Å². The molecule has 50 heavy (non-hydrogen) atoms. The number of pyridine rings is 2. The Hall–Kier alpha value is -3.22. The summed E-state index contributed by atoms with van der Waals surface area (Å²) in [6, 6.07) is 21.0. The second-order valence-electron chi connectivity index (χ2n) is 14.5. The summed E-state index contributed by atoms with van der Waals surface area (Å²) in [4.78, 5) is 22.7. The van der Waals surface area contributed by atoms with Crippen molar-refractivity contribution in [3.63, 3.8) is 0 Å². The fourth-order valence-corrected chi connectivity index (χ4v) is 8.07. The first-order chi connectivity index (χ1) is 23.3. The van der Waals surface area contributed by atoms with Crippen molar-refractivity contribution in [1.82, 2.24) is 9.97 Å². The molecule has 0 atom stereocenters. The van der Waals surface area contributed by atoms with Crippen molar-refractivity contribution in [2.75, 3.05) is 0 Å². The zero-order valence-corrected chi connectivity index (χ0v) is 34.8. The number of hydrogen-bond donors (Lipinski definition) is 1. The Balaban J connectivity index is 0.000000269. The zero-order chi connectivity index (χ0) is 35.6. The number of thiophene rings is 2. The van der Waals surface area contributed by atoms with E-state index in [4.69, 9.17) is 4.98 Å². The molecule has 0 amide bonds. The fraction of sp³-hybridized carbons (Fsp3) is 0.372. The first kappa shape index (κ1) is 39.6. The quantitative estimate of drug-likeness (QED) is 0.0893. The van der Waals surface area contributed by atoms with E-state index in [-0.39, 0.29) is 47.9 Å². The van der Waals surface area contributed by atoms with E-state index in [0.717, 1.165) is 42.3 Å². The first-order valence-electron chi connectivity index (χ1n) is 17.4. The molecule has 0 bridgehead atoms. The molecule has 0 unspecified atom stereocenters. The van der Waals surface area contributed by atoms with Gasteiger partial charge in [0.15, 0.2) is 5.78 Å². The van der Waals surface area contributed by atoms with E-state index in [1.807, 2.05) is 60.1 Å². The van der Waals surface area contributed by atoms with Gasteiger partial charge in [-0.1, -0.05) is 91.5 Å². The van der Waals surface area contributed by atoms with Crippen LogP contribution in [0.5, 0.6) is 0 Å². The second kappa shape index (κ2) is 16.0. The normalized spacial score (nSPS) is 12.5. The monoisotopic (exact) mass is 882 g/mol. The third-order valence-electron chi connectivity index (χ3n) is 10.5. The van der Waals surface area contributed by atoms with Crippen LogP contribution in [0.4, 0.5) is 0 Å². The number of rotatable bonds is 9. The molecule has 0 aliphatic carbocycles. The van der Waals surface area contributed by atoms with Crippen LogP contribution < -0.4 is 0 Å². The summed E-state index contributed by atoms with van der Waals surface area (Å²) in [6.07, 6.45) is 10.6. The molecule has 4 aromatic heterocycles. The summed E-state index contributed by atoms with van der Waals surface area (Å²) in [6.45, 7) is 18.9. The largest absolute Gasteiger partial charge is 0.512 e. The molecule has 0 aliphatic rings. The number of ketones is 1. The number of allylic oxidation sites excluding steroid dienone is 2. The van der Waals surface area contributed by atoms with Crippen molar-refractivity contribution in [3.05, 3.63) is 96.0 Å². The molecule has 0 saturated carbocycles. The summed E-state index contributed by atoms with van der Waals surface area (Å²) >= 11 is 3.57. The van der Waals surface area contributed by atoms with Gasteiger partial charge in [0, 0.05) is 86.5 Å². The number of hydrogen-bond acceptors (Lipinski definition) is 6. The molecule has 4 heterocycles. The number of aliphatic hydroxyl groups excluding tert-OH is 1. The molecule has 4 nitrogen and oxygen atoms in total. The molecular formula is C43H49IrN2O2S2-. The Labute approximate surface area is 319 Å². The van der Waals surface area contributed by atoms with Gasteiger partial charge in [0.25, 0.3) is 0 Å². The van der Waals surface area contributed by atoms with Gasteiger partial charge in [0.1, 0.15) is 5.76 Å². The van der Waals surface area contributed by atoms with Crippen molar-refractivity contribution in [1.29, 1.82) is 0 Å². The molecule has 0 spiro atoms. The van der Waals surface area contributed by atoms with Gasteiger partial charge in [-0.3, -0.25) is 14.8 Å². The van der Waals surface area contributed by atoms with Crippen LogP contribution in [0.2, 0.25) is 0 Å². The summed E-state index contributed by atoms with van der Waals surface area (Å²) in [5.74, 6) is 0.286. The molecule has 7 heteroatoms. The summed E-state index contributed by atoms with van der Waals surface area (Å²) < 4.78 is 2.52. The number of benzene rings is 2. The maximum Gasteiger partial charge on any atom is 0.164 e. The average molecular weight is 882 g/mol. The molecule has 2 aromatic carbocycles. The second-order valence-corrected chi connectivity index (χ2v) is 16.5. The molecule has 0 fully saturated rings. The Kier molecular flexibility index (Phi) is 12.6. The van der Waals surface area contributed by atoms with E-state index in [9.17, 15) is 9.90 Å². The topological polar surface area (TPSA) is 63.1 Å². The van der Waals surface area contributed by atoms with Crippen LogP contribution in [0.25, 0.3) is 52.6 Å². The molecule has 6 aromatic rings. The van der Waals surface area contributed by atoms with Gasteiger partial charge in [-0.15, -0.1) is 51.8 Å². The van der Waals surface area contributed by atoms with Crippen molar-refractivity contribution in [2.24, 2.45) is 10.8 Å². The molecule has 0 saturated heterocycles. The summed E-state index contributed by atoms with van der Waals surface area (Å²) in [7, 11) is 0. The number of carbonyl (C=O) groups excluding carboxylic acids is 1. The Morgan fingerprint density at radius 3 is 2.22 bits per heavy atom. The van der Waals surface area contributed by atoms with Crippen LogP contribution >= 0.6 is 22.7 Å². The zero-order valence-electron chi connectivity index (χ0n) is 30.7. The van der Waals surface area contributed by atoms with Crippen molar-refractivity contribution in [3.8, 4) is 21.7 Å². The maximum absolute atomic E-state index is 12.2. The number of aliphatic hydroxyl groups is 1. The van der Waals surface area contributed by atoms with Gasteiger partial charge in [-0.2, -0.15) is 0 Å². The number of fused-ring (bicyclic) bond motifs is 3. The van der Waals surface area contributed by atoms with Crippen LogP contribution in [-0.2, 0) is 30.3 Å². The average Bonchev–Trinajstić information content (AvgIpc) is 3.78. The maximum atomic E-state index is 12.2. The number of nitrogens with zero attached hydrogens (tertiary/aromatic N) is 2. The van der Waals surface area contributed by atoms with E-state index in [1.165, 1.54) is 47.6 Å². The summed E-state index contributed by atoms with van der Waals surface area (Å²) in [5, 5.41) is 17.0. The number of aromatic nitrogens is 2. The molecular weight excluding hydrogens is 833 g/mol. The number of carbonyl (C=O) groups is 1. The van der Waals surface area contributed by atoms with Crippen LogP contribution in [0.1, 0.15) is 93.6 Å².